The minimum atomic E-state index is -1.13. The van der Waals surface area contributed by atoms with Crippen LogP contribution in [0.5, 0.6) is 17.2 Å². The van der Waals surface area contributed by atoms with Gasteiger partial charge in [-0.2, -0.15) is 0 Å². The van der Waals surface area contributed by atoms with Crippen molar-refractivity contribution in [2.75, 3.05) is 5.73 Å². The van der Waals surface area contributed by atoms with Crippen LogP contribution in [0.2, 0.25) is 0 Å². The van der Waals surface area contributed by atoms with E-state index in [2.05, 4.69) is 0 Å². The van der Waals surface area contributed by atoms with Gasteiger partial charge < -0.3 is 26.2 Å². The number of Topliss-reactive ketones (excluding diaryl/α,β-unsaturated/α-hetero) is 1. The van der Waals surface area contributed by atoms with Gasteiger partial charge in [-0.15, -0.1) is 0 Å². The summed E-state index contributed by atoms with van der Waals surface area (Å²) in [6.45, 7) is 0. The molecule has 0 saturated heterocycles. The van der Waals surface area contributed by atoms with Crippen molar-refractivity contribution >= 4 is 23.0 Å². The normalized spacial score (nSPS) is 14.5. The van der Waals surface area contributed by atoms with Crippen molar-refractivity contribution in [3.8, 4) is 17.2 Å². The van der Waals surface area contributed by atoms with Gasteiger partial charge in [-0.25, -0.2) is 0 Å². The molecule has 6 N–H and O–H groups in total. The topological polar surface area (TPSA) is 141 Å². The molecule has 88 valence electrons. The van der Waals surface area contributed by atoms with Crippen molar-refractivity contribution in [2.45, 2.75) is 0 Å². The molecule has 0 heterocycles. The number of allylic oxidation sites excluding steroid dienone is 1. The highest BCUT2D eigenvalue weighted by molar-refractivity contribution is 6.51. The van der Waals surface area contributed by atoms with Crippen LogP contribution in [-0.4, -0.2) is 32.0 Å². The van der Waals surface area contributed by atoms with Crippen LogP contribution in [0.25, 0.3) is 5.76 Å². The second-order valence-electron chi connectivity index (χ2n) is 3.43. The molecule has 0 aliphatic heterocycles. The highest BCUT2D eigenvalue weighted by Gasteiger charge is 2.34. The van der Waals surface area contributed by atoms with Gasteiger partial charge in [0.25, 0.3) is 0 Å². The first-order chi connectivity index (χ1) is 7.86. The first kappa shape index (κ1) is 10.8. The standard InChI is InChI=1S/C10H7NO6/c11-6-8(15)5-4(9(16)10(6)17)2(12)1-3(13)7(5)14/h1,12,15-17H,11H2. The average molecular weight is 237 g/mol. The number of phenols is 3. The lowest BCUT2D eigenvalue weighted by Gasteiger charge is -2.17. The van der Waals surface area contributed by atoms with E-state index in [9.17, 15) is 30.0 Å². The van der Waals surface area contributed by atoms with E-state index in [4.69, 9.17) is 5.73 Å². The molecule has 1 aliphatic carbocycles. The number of rotatable bonds is 0. The summed E-state index contributed by atoms with van der Waals surface area (Å²) in [4.78, 5) is 22.6. The van der Waals surface area contributed by atoms with Crippen LogP contribution in [0.3, 0.4) is 0 Å². The molecule has 0 atom stereocenters. The number of hydrogen-bond donors (Lipinski definition) is 5. The third kappa shape index (κ3) is 1.22. The first-order valence-corrected chi connectivity index (χ1v) is 4.42. The van der Waals surface area contributed by atoms with Gasteiger partial charge in [0.05, 0.1) is 11.1 Å². The molecular formula is C10H7NO6. The molecule has 0 spiro atoms. The molecule has 0 bridgehead atoms. The number of benzene rings is 1. The van der Waals surface area contributed by atoms with E-state index in [0.29, 0.717) is 6.08 Å². The molecule has 1 aromatic carbocycles. The van der Waals surface area contributed by atoms with Crippen LogP contribution in [0, 0.1) is 0 Å². The lowest BCUT2D eigenvalue weighted by molar-refractivity contribution is -0.111. The van der Waals surface area contributed by atoms with Gasteiger partial charge in [0.2, 0.25) is 11.6 Å². The molecule has 2 rings (SSSR count). The zero-order chi connectivity index (χ0) is 12.9. The highest BCUT2D eigenvalue weighted by Crippen LogP contribution is 2.47. The Bertz CT molecular complexity index is 602. The summed E-state index contributed by atoms with van der Waals surface area (Å²) in [6, 6.07) is 0. The Kier molecular flexibility index (Phi) is 2.00. The minimum absolute atomic E-state index is 0.515. The van der Waals surface area contributed by atoms with Crippen molar-refractivity contribution in [1.82, 2.24) is 0 Å². The molecule has 17 heavy (non-hydrogen) atoms. The molecule has 7 nitrogen and oxygen atoms in total. The number of ketones is 2. The maximum Gasteiger partial charge on any atom is 0.237 e. The number of hydrogen-bond acceptors (Lipinski definition) is 7. The summed E-state index contributed by atoms with van der Waals surface area (Å²) >= 11 is 0. The molecule has 0 aromatic heterocycles. The van der Waals surface area contributed by atoms with E-state index < -0.39 is 51.4 Å². The number of aromatic hydroxyl groups is 3. The molecule has 0 fully saturated rings. The van der Waals surface area contributed by atoms with Gasteiger partial charge in [-0.1, -0.05) is 0 Å². The summed E-state index contributed by atoms with van der Waals surface area (Å²) < 4.78 is 0. The van der Waals surface area contributed by atoms with Gasteiger partial charge >= 0.3 is 0 Å². The van der Waals surface area contributed by atoms with Gasteiger partial charge in [-0.05, 0) is 0 Å². The van der Waals surface area contributed by atoms with Crippen LogP contribution < -0.4 is 5.73 Å². The molecule has 1 aliphatic rings. The molecule has 0 radical (unpaired) electrons. The van der Waals surface area contributed by atoms with E-state index in [1.807, 2.05) is 0 Å². The van der Waals surface area contributed by atoms with Crippen LogP contribution in [0.1, 0.15) is 15.9 Å². The van der Waals surface area contributed by atoms with Gasteiger partial charge in [-0.3, -0.25) is 9.59 Å². The summed E-state index contributed by atoms with van der Waals surface area (Å²) in [7, 11) is 0. The second kappa shape index (κ2) is 3.14. The molecule has 7 heteroatoms. The SMILES string of the molecule is Nc1c(O)c(O)c2c(c1O)C(=O)C(=O)C=C2O. The van der Waals surface area contributed by atoms with Gasteiger partial charge in [0, 0.05) is 6.08 Å². The largest absolute Gasteiger partial charge is 0.507 e. The van der Waals surface area contributed by atoms with Crippen molar-refractivity contribution < 1.29 is 30.0 Å². The quantitative estimate of drug-likeness (QED) is 0.186. The van der Waals surface area contributed by atoms with E-state index >= 15 is 0 Å². The fourth-order valence-electron chi connectivity index (χ4n) is 1.59. The zero-order valence-corrected chi connectivity index (χ0v) is 8.26. The van der Waals surface area contributed by atoms with Crippen LogP contribution >= 0.6 is 0 Å². The Morgan fingerprint density at radius 3 is 2.06 bits per heavy atom. The van der Waals surface area contributed by atoms with Gasteiger partial charge in [0.1, 0.15) is 11.4 Å². The summed E-state index contributed by atoms with van der Waals surface area (Å²) in [5.41, 5.74) is 3.46. The van der Waals surface area contributed by atoms with Crippen LogP contribution in [-0.2, 0) is 4.79 Å². The smallest absolute Gasteiger partial charge is 0.237 e. The number of nitrogens with two attached hydrogens (primary N) is 1. The molecule has 0 unspecified atom stereocenters. The Hall–Kier alpha value is -2.70. The first-order valence-electron chi connectivity index (χ1n) is 4.42. The Morgan fingerprint density at radius 1 is 0.882 bits per heavy atom. The van der Waals surface area contributed by atoms with Crippen LogP contribution in [0.15, 0.2) is 6.08 Å². The fraction of sp³-hybridized carbons (Fsp3) is 0. The van der Waals surface area contributed by atoms with Gasteiger partial charge in [0.15, 0.2) is 17.2 Å². The van der Waals surface area contributed by atoms with Crippen molar-refractivity contribution in [3.63, 3.8) is 0 Å². The minimum Gasteiger partial charge on any atom is -0.507 e. The second-order valence-corrected chi connectivity index (χ2v) is 3.43. The number of carbonyl (C=O) groups excluding carboxylic acids is 2. The van der Waals surface area contributed by atoms with Crippen LogP contribution in [0.4, 0.5) is 5.69 Å². The third-order valence-electron chi connectivity index (χ3n) is 2.43. The highest BCUT2D eigenvalue weighted by atomic mass is 16.3. The van der Waals surface area contributed by atoms with E-state index in [1.165, 1.54) is 0 Å². The molecule has 1 aromatic rings. The van der Waals surface area contributed by atoms with Crippen molar-refractivity contribution in [1.29, 1.82) is 0 Å². The number of anilines is 1. The zero-order valence-electron chi connectivity index (χ0n) is 8.26. The van der Waals surface area contributed by atoms with E-state index in [-0.39, 0.29) is 0 Å². The Morgan fingerprint density at radius 2 is 1.47 bits per heavy atom. The summed E-state index contributed by atoms with van der Waals surface area (Å²) in [6.07, 6.45) is 0.583. The summed E-state index contributed by atoms with van der Waals surface area (Å²) in [5, 5.41) is 37.8. The third-order valence-corrected chi connectivity index (χ3v) is 2.43. The Balaban J connectivity index is 2.96. The van der Waals surface area contributed by atoms with Crippen molar-refractivity contribution in [2.24, 2.45) is 0 Å². The number of carbonyl (C=O) groups is 2. The number of aliphatic hydroxyl groups is 1. The number of phenolic OH excluding ortho intramolecular Hbond substituents is 3. The Labute approximate surface area is 94.0 Å². The predicted molar refractivity (Wildman–Crippen MR) is 55.8 cm³/mol. The monoisotopic (exact) mass is 237 g/mol. The lowest BCUT2D eigenvalue weighted by Crippen LogP contribution is -2.19. The van der Waals surface area contributed by atoms with E-state index in [0.717, 1.165) is 0 Å². The lowest BCUT2D eigenvalue weighted by atomic mass is 9.91. The molecule has 0 saturated carbocycles. The average Bonchev–Trinajstić information content (AvgIpc) is 2.28. The van der Waals surface area contributed by atoms with Crippen molar-refractivity contribution in [3.05, 3.63) is 17.2 Å². The summed E-state index contributed by atoms with van der Waals surface area (Å²) in [5.74, 6) is -5.51. The number of nitrogen functional groups attached to an aromatic ring is 1. The number of fused-ring (bicyclic) bond motifs is 1. The van der Waals surface area contributed by atoms with E-state index in [1.54, 1.807) is 0 Å². The fourth-order valence-corrected chi connectivity index (χ4v) is 1.59. The predicted octanol–water partition coefficient (Wildman–Crippen LogP) is 0.0499. The maximum absolute atomic E-state index is 11.5. The molecular weight excluding hydrogens is 230 g/mol. The number of aliphatic hydroxyl groups excluding tert-OH is 1. The molecule has 0 amide bonds. The maximum atomic E-state index is 11.5.